The molecule has 2 aromatic carbocycles. The van der Waals surface area contributed by atoms with E-state index in [1.807, 2.05) is 0 Å². The first-order chi connectivity index (χ1) is 14.8. The van der Waals surface area contributed by atoms with Crippen molar-refractivity contribution >= 4 is 27.3 Å². The van der Waals surface area contributed by atoms with Crippen LogP contribution in [0, 0.1) is 12.7 Å². The summed E-state index contributed by atoms with van der Waals surface area (Å²) in [6, 6.07) is 9.49. The molecule has 0 aliphatic carbocycles. The predicted octanol–water partition coefficient (Wildman–Crippen LogP) is 2.95. The third-order valence-electron chi connectivity index (χ3n) is 5.35. The molecule has 2 aliphatic heterocycles. The summed E-state index contributed by atoms with van der Waals surface area (Å²) in [7, 11) is -3.58. The van der Waals surface area contributed by atoms with Gasteiger partial charge in [0.2, 0.25) is 0 Å². The maximum atomic E-state index is 13.4. The molecule has 0 atom stereocenters. The van der Waals surface area contributed by atoms with E-state index in [-0.39, 0.29) is 35.1 Å². The van der Waals surface area contributed by atoms with Gasteiger partial charge in [-0.15, -0.1) is 11.3 Å². The molecule has 3 heterocycles. The molecule has 0 bridgehead atoms. The van der Waals surface area contributed by atoms with Crippen LogP contribution in [0.1, 0.15) is 20.9 Å². The molecule has 0 saturated carbocycles. The molecule has 0 radical (unpaired) electrons. The van der Waals surface area contributed by atoms with Crippen molar-refractivity contribution < 1.29 is 22.3 Å². The number of benzene rings is 2. The average molecular weight is 460 g/mol. The number of amides is 1. The lowest BCUT2D eigenvalue weighted by Crippen LogP contribution is -2.55. The lowest BCUT2D eigenvalue weighted by atomic mass is 9.98. The van der Waals surface area contributed by atoms with Crippen LogP contribution in [-0.4, -0.2) is 42.8 Å². The Kier molecular flexibility index (Phi) is 4.80. The van der Waals surface area contributed by atoms with Crippen molar-refractivity contribution in [2.45, 2.75) is 23.8 Å². The Balaban J connectivity index is 1.40. The van der Waals surface area contributed by atoms with Gasteiger partial charge in [0.05, 0.1) is 24.3 Å². The maximum absolute atomic E-state index is 13.4. The van der Waals surface area contributed by atoms with Gasteiger partial charge in [-0.25, -0.2) is 17.8 Å². The van der Waals surface area contributed by atoms with Crippen molar-refractivity contribution in [3.05, 3.63) is 64.5 Å². The highest BCUT2D eigenvalue weighted by molar-refractivity contribution is 7.91. The Morgan fingerprint density at radius 3 is 2.61 bits per heavy atom. The molecule has 0 spiro atoms. The summed E-state index contributed by atoms with van der Waals surface area (Å²) in [6.07, 6.45) is 1.05. The second kappa shape index (κ2) is 7.40. The van der Waals surface area contributed by atoms with Gasteiger partial charge >= 0.3 is 0 Å². The van der Waals surface area contributed by atoms with Gasteiger partial charge in [-0.2, -0.15) is 4.31 Å². The van der Waals surface area contributed by atoms with E-state index < -0.39 is 10.0 Å². The van der Waals surface area contributed by atoms with Crippen molar-refractivity contribution in [3.63, 3.8) is 0 Å². The van der Waals surface area contributed by atoms with Gasteiger partial charge < -0.3 is 10.1 Å². The van der Waals surface area contributed by atoms with Crippen molar-refractivity contribution in [1.29, 1.82) is 0 Å². The number of carbonyl (C=O) groups is 1. The Labute approximate surface area is 182 Å². The van der Waals surface area contributed by atoms with Crippen LogP contribution in [0.25, 0.3) is 11.1 Å². The van der Waals surface area contributed by atoms with E-state index in [0.717, 1.165) is 16.9 Å². The fourth-order valence-electron chi connectivity index (χ4n) is 3.64. The summed E-state index contributed by atoms with van der Waals surface area (Å²) in [5, 5.41) is 3.47. The van der Waals surface area contributed by atoms with Crippen LogP contribution in [0.3, 0.4) is 0 Å². The summed E-state index contributed by atoms with van der Waals surface area (Å²) < 4.78 is 46.5. The van der Waals surface area contributed by atoms with E-state index in [2.05, 4.69) is 10.3 Å². The van der Waals surface area contributed by atoms with Gasteiger partial charge in [-0.3, -0.25) is 4.79 Å². The van der Waals surface area contributed by atoms with Crippen LogP contribution in [0.15, 0.2) is 46.8 Å². The van der Waals surface area contributed by atoms with Crippen LogP contribution in [0.2, 0.25) is 0 Å². The number of nitrogens with one attached hydrogen (secondary N) is 1. The largest absolute Gasteiger partial charge is 0.487 e. The van der Waals surface area contributed by atoms with E-state index >= 15 is 0 Å². The monoisotopic (exact) mass is 459 g/mol. The number of rotatable bonds is 5. The smallest absolute Gasteiger partial charge is 0.254 e. The molecule has 31 heavy (non-hydrogen) atoms. The number of halogens is 1. The summed E-state index contributed by atoms with van der Waals surface area (Å²) >= 11 is 1.14. The summed E-state index contributed by atoms with van der Waals surface area (Å²) in [5.41, 5.74) is 2.75. The molecule has 0 unspecified atom stereocenters. The van der Waals surface area contributed by atoms with Crippen LogP contribution >= 0.6 is 11.3 Å². The topological polar surface area (TPSA) is 88.6 Å². The summed E-state index contributed by atoms with van der Waals surface area (Å²) in [6.45, 7) is 2.60. The highest BCUT2D eigenvalue weighted by Crippen LogP contribution is 2.37. The minimum atomic E-state index is -3.58. The molecule has 3 aromatic rings. The summed E-state index contributed by atoms with van der Waals surface area (Å²) in [4.78, 5) is 16.1. The first-order valence-electron chi connectivity index (χ1n) is 9.61. The summed E-state index contributed by atoms with van der Waals surface area (Å²) in [5.74, 6) is 0.0199. The minimum absolute atomic E-state index is 0.161. The molecule has 1 amide bonds. The number of aryl methyl sites for hydroxylation is 1. The van der Waals surface area contributed by atoms with Crippen molar-refractivity contribution in [2.24, 2.45) is 0 Å². The van der Waals surface area contributed by atoms with Crippen LogP contribution in [0.4, 0.5) is 4.39 Å². The number of thiazole rings is 1. The third-order valence-corrected chi connectivity index (χ3v) is 8.53. The fourth-order valence-corrected chi connectivity index (χ4v) is 6.41. The van der Waals surface area contributed by atoms with Crippen LogP contribution in [0.5, 0.6) is 5.75 Å². The molecule has 7 nitrogen and oxygen atoms in total. The number of hydrogen-bond acceptors (Lipinski definition) is 6. The van der Waals surface area contributed by atoms with Gasteiger partial charge in [-0.05, 0) is 42.3 Å². The molecule has 160 valence electrons. The van der Waals surface area contributed by atoms with E-state index in [4.69, 9.17) is 4.74 Å². The van der Waals surface area contributed by atoms with Crippen molar-refractivity contribution in [3.8, 4) is 16.9 Å². The Bertz CT molecular complexity index is 1280. The van der Waals surface area contributed by atoms with Gasteiger partial charge in [0, 0.05) is 17.7 Å². The maximum Gasteiger partial charge on any atom is 0.254 e. The highest BCUT2D eigenvalue weighted by atomic mass is 32.2. The standard InChI is InChI=1S/C21H18FN3O4S2/c1-12-23-9-20(30-12)31(27,28)25-10-16(11-25)29-19-6-14-8-24-21(26)18(14)7-17(19)13-2-4-15(22)5-3-13/h2-7,9,16H,8,10-11H2,1H3,(H,24,26). The van der Waals surface area contributed by atoms with E-state index in [0.29, 0.717) is 34.0 Å². The Morgan fingerprint density at radius 2 is 1.94 bits per heavy atom. The zero-order valence-corrected chi connectivity index (χ0v) is 18.1. The van der Waals surface area contributed by atoms with Crippen molar-refractivity contribution in [2.75, 3.05) is 13.1 Å². The molecular weight excluding hydrogens is 441 g/mol. The average Bonchev–Trinajstić information content (AvgIpc) is 3.30. The van der Waals surface area contributed by atoms with E-state index in [1.165, 1.54) is 22.6 Å². The second-order valence-electron chi connectivity index (χ2n) is 7.46. The molecule has 5 rings (SSSR count). The van der Waals surface area contributed by atoms with Crippen LogP contribution < -0.4 is 10.1 Å². The molecule has 10 heteroatoms. The fraction of sp³-hybridized carbons (Fsp3) is 0.238. The number of fused-ring (bicyclic) bond motifs is 1. The molecule has 1 aromatic heterocycles. The predicted molar refractivity (Wildman–Crippen MR) is 113 cm³/mol. The SMILES string of the molecule is Cc1ncc(S(=O)(=O)N2CC(Oc3cc4c(cc3-c3ccc(F)cc3)C(=O)NC4)C2)s1. The molecular formula is C21H18FN3O4S2. The highest BCUT2D eigenvalue weighted by Gasteiger charge is 2.39. The molecule has 1 saturated heterocycles. The first kappa shape index (κ1) is 20.1. The zero-order chi connectivity index (χ0) is 21.8. The normalized spacial score (nSPS) is 16.6. The van der Waals surface area contributed by atoms with Gasteiger partial charge in [0.25, 0.3) is 15.9 Å². The zero-order valence-electron chi connectivity index (χ0n) is 16.5. The van der Waals surface area contributed by atoms with Gasteiger partial charge in [0.1, 0.15) is 17.7 Å². The Hall–Kier alpha value is -2.82. The number of sulfonamides is 1. The molecule has 1 N–H and O–H groups in total. The molecule has 2 aliphatic rings. The molecule has 1 fully saturated rings. The lowest BCUT2D eigenvalue weighted by Gasteiger charge is -2.37. The van der Waals surface area contributed by atoms with Gasteiger partial charge in [-0.1, -0.05) is 12.1 Å². The van der Waals surface area contributed by atoms with E-state index in [1.54, 1.807) is 31.2 Å². The van der Waals surface area contributed by atoms with E-state index in [9.17, 15) is 17.6 Å². The quantitative estimate of drug-likeness (QED) is 0.634. The number of hydrogen-bond donors (Lipinski definition) is 1. The Morgan fingerprint density at radius 1 is 1.19 bits per heavy atom. The number of aromatic nitrogens is 1. The lowest BCUT2D eigenvalue weighted by molar-refractivity contribution is 0.0768. The number of nitrogens with zero attached hydrogens (tertiary/aromatic N) is 2. The second-order valence-corrected chi connectivity index (χ2v) is 10.9. The van der Waals surface area contributed by atoms with Gasteiger partial charge in [0.15, 0.2) is 4.21 Å². The third kappa shape index (κ3) is 3.60. The van der Waals surface area contributed by atoms with Crippen LogP contribution in [-0.2, 0) is 16.6 Å². The minimum Gasteiger partial charge on any atom is -0.487 e. The number of carbonyl (C=O) groups excluding carboxylic acids is 1. The van der Waals surface area contributed by atoms with Crippen molar-refractivity contribution in [1.82, 2.24) is 14.6 Å². The first-order valence-corrected chi connectivity index (χ1v) is 11.9. The number of ether oxygens (including phenoxy) is 1.